The van der Waals surface area contributed by atoms with E-state index in [-0.39, 0.29) is 11.9 Å². The first kappa shape index (κ1) is 23.8. The number of thiophene rings is 1. The fourth-order valence-electron chi connectivity index (χ4n) is 4.89. The Hall–Kier alpha value is -3.59. The molecule has 2 aromatic carbocycles. The van der Waals surface area contributed by atoms with Gasteiger partial charge in [0.25, 0.3) is 5.91 Å². The van der Waals surface area contributed by atoms with E-state index in [9.17, 15) is 4.79 Å². The smallest absolute Gasteiger partial charge is 0.257 e. The Balaban J connectivity index is 1.41. The third kappa shape index (κ3) is 5.00. The molecule has 7 nitrogen and oxygen atoms in total. The van der Waals surface area contributed by atoms with Crippen molar-refractivity contribution in [2.24, 2.45) is 5.10 Å². The molecular weight excluding hydrogens is 482 g/mol. The first-order valence-electron chi connectivity index (χ1n) is 12.6. The van der Waals surface area contributed by atoms with Gasteiger partial charge in [-0.1, -0.05) is 48.0 Å². The summed E-state index contributed by atoms with van der Waals surface area (Å²) in [6.07, 6.45) is 2.71. The third-order valence-electron chi connectivity index (χ3n) is 6.93. The van der Waals surface area contributed by atoms with E-state index in [1.54, 1.807) is 16.3 Å². The molecule has 1 fully saturated rings. The predicted molar refractivity (Wildman–Crippen MR) is 146 cm³/mol. The first-order chi connectivity index (χ1) is 18.2. The zero-order valence-electron chi connectivity index (χ0n) is 20.8. The predicted octanol–water partition coefficient (Wildman–Crippen LogP) is 4.92. The quantitative estimate of drug-likeness (QED) is 0.369. The molecule has 2 aliphatic rings. The minimum absolute atomic E-state index is 0.000512. The lowest BCUT2D eigenvalue weighted by atomic mass is 9.97. The van der Waals surface area contributed by atoms with Gasteiger partial charge >= 0.3 is 0 Å². The summed E-state index contributed by atoms with van der Waals surface area (Å²) in [4.78, 5) is 15.8. The highest BCUT2D eigenvalue weighted by Gasteiger charge is 2.36. The second-order valence-electron chi connectivity index (χ2n) is 9.48. The van der Waals surface area contributed by atoms with E-state index in [2.05, 4.69) is 59.1 Å². The molecule has 8 heteroatoms. The van der Waals surface area contributed by atoms with Crippen molar-refractivity contribution in [2.45, 2.75) is 19.4 Å². The Kier molecular flexibility index (Phi) is 6.70. The van der Waals surface area contributed by atoms with Crippen LogP contribution in [0.15, 0.2) is 82.7 Å². The number of ether oxygens (including phenoxy) is 1. The van der Waals surface area contributed by atoms with Crippen LogP contribution in [-0.4, -0.2) is 64.2 Å². The van der Waals surface area contributed by atoms with E-state index >= 15 is 0 Å². The molecule has 0 saturated carbocycles. The van der Waals surface area contributed by atoms with Crippen LogP contribution < -0.4 is 0 Å². The van der Waals surface area contributed by atoms with Gasteiger partial charge < -0.3 is 4.74 Å². The number of aryl methyl sites for hydroxylation is 1. The zero-order valence-corrected chi connectivity index (χ0v) is 21.6. The highest BCUT2D eigenvalue weighted by atomic mass is 32.1. The first-order valence-corrected chi connectivity index (χ1v) is 13.5. The summed E-state index contributed by atoms with van der Waals surface area (Å²) in [7, 11) is 0. The van der Waals surface area contributed by atoms with Crippen molar-refractivity contribution in [1.82, 2.24) is 19.7 Å². The Bertz CT molecular complexity index is 1390. The monoisotopic (exact) mass is 511 g/mol. The van der Waals surface area contributed by atoms with Gasteiger partial charge in [-0.2, -0.15) is 21.5 Å². The number of rotatable bonds is 6. The van der Waals surface area contributed by atoms with Gasteiger partial charge in [0, 0.05) is 42.4 Å². The Morgan fingerprint density at radius 1 is 1.03 bits per heavy atom. The average molecular weight is 512 g/mol. The maximum absolute atomic E-state index is 13.7. The summed E-state index contributed by atoms with van der Waals surface area (Å²) >= 11 is 1.64. The lowest BCUT2D eigenvalue weighted by Crippen LogP contribution is -2.43. The number of morpholine rings is 1. The number of amides is 1. The van der Waals surface area contributed by atoms with E-state index in [0.717, 1.165) is 46.9 Å². The molecule has 0 spiro atoms. The van der Waals surface area contributed by atoms with Crippen LogP contribution in [0.2, 0.25) is 0 Å². The maximum atomic E-state index is 13.7. The van der Waals surface area contributed by atoms with Crippen molar-refractivity contribution in [3.63, 3.8) is 0 Å². The molecule has 188 valence electrons. The van der Waals surface area contributed by atoms with Gasteiger partial charge in [-0.15, -0.1) is 0 Å². The Morgan fingerprint density at radius 2 is 1.81 bits per heavy atom. The van der Waals surface area contributed by atoms with Gasteiger partial charge in [0.15, 0.2) is 0 Å². The molecular formula is C29H29N5O2S. The molecule has 2 aromatic heterocycles. The Morgan fingerprint density at radius 3 is 2.54 bits per heavy atom. The second-order valence-corrected chi connectivity index (χ2v) is 10.3. The van der Waals surface area contributed by atoms with Gasteiger partial charge in [-0.05, 0) is 35.9 Å². The minimum Gasteiger partial charge on any atom is -0.379 e. The number of carbonyl (C=O) groups is 1. The second kappa shape index (κ2) is 10.4. The minimum atomic E-state index is -0.239. The number of hydrogen-bond acceptors (Lipinski definition) is 6. The molecule has 1 atom stereocenters. The number of carbonyl (C=O) groups excluding carboxylic acids is 1. The summed E-state index contributed by atoms with van der Waals surface area (Å²) in [5, 5.41) is 15.8. The van der Waals surface area contributed by atoms with Crippen molar-refractivity contribution < 1.29 is 9.53 Å². The van der Waals surface area contributed by atoms with Gasteiger partial charge in [0.2, 0.25) is 0 Å². The van der Waals surface area contributed by atoms with Crippen molar-refractivity contribution in [1.29, 1.82) is 0 Å². The van der Waals surface area contributed by atoms with Crippen molar-refractivity contribution >= 4 is 23.0 Å². The fraction of sp³-hybridized carbons (Fsp3) is 0.276. The molecule has 4 aromatic rings. The van der Waals surface area contributed by atoms with Crippen LogP contribution in [0.1, 0.15) is 29.2 Å². The van der Waals surface area contributed by atoms with Gasteiger partial charge in [-0.3, -0.25) is 9.69 Å². The largest absolute Gasteiger partial charge is 0.379 e. The Labute approximate surface area is 220 Å². The van der Waals surface area contributed by atoms with Crippen LogP contribution in [0.25, 0.3) is 16.9 Å². The highest BCUT2D eigenvalue weighted by molar-refractivity contribution is 7.08. The number of benzene rings is 2. The van der Waals surface area contributed by atoms with E-state index in [1.807, 2.05) is 35.0 Å². The van der Waals surface area contributed by atoms with Crippen LogP contribution in [0, 0.1) is 6.92 Å². The molecule has 2 aliphatic heterocycles. The average Bonchev–Trinajstić information content (AvgIpc) is 3.70. The summed E-state index contributed by atoms with van der Waals surface area (Å²) in [6, 6.07) is 20.3. The molecule has 0 N–H and O–H groups in total. The van der Waals surface area contributed by atoms with Crippen LogP contribution in [-0.2, 0) is 9.53 Å². The summed E-state index contributed by atoms with van der Waals surface area (Å²) in [5.74, 6) is -0.000512. The van der Waals surface area contributed by atoms with Crippen LogP contribution >= 0.6 is 11.3 Å². The molecule has 0 unspecified atom stereocenters. The lowest BCUT2D eigenvalue weighted by molar-refractivity contribution is -0.135. The van der Waals surface area contributed by atoms with Gasteiger partial charge in [0.05, 0.1) is 42.9 Å². The molecule has 1 amide bonds. The van der Waals surface area contributed by atoms with E-state index in [0.29, 0.717) is 26.2 Å². The molecule has 0 bridgehead atoms. The molecule has 6 rings (SSSR count). The summed E-state index contributed by atoms with van der Waals surface area (Å²) in [6.45, 7) is 5.23. The zero-order chi connectivity index (χ0) is 25.2. The van der Waals surface area contributed by atoms with Gasteiger partial charge in [-0.25, -0.2) is 9.69 Å². The van der Waals surface area contributed by atoms with Crippen molar-refractivity contribution in [3.8, 4) is 16.9 Å². The molecule has 1 saturated heterocycles. The molecule has 4 heterocycles. The van der Waals surface area contributed by atoms with E-state index in [4.69, 9.17) is 14.9 Å². The van der Waals surface area contributed by atoms with Crippen LogP contribution in [0.4, 0.5) is 0 Å². The topological polar surface area (TPSA) is 63.0 Å². The lowest BCUT2D eigenvalue weighted by Gasteiger charge is -2.29. The molecule has 0 aliphatic carbocycles. The fourth-order valence-corrected chi connectivity index (χ4v) is 5.55. The standard InChI is InChI=1S/C29H29N5O2S/c1-21-7-9-22(10-8-21)29-25(18-33(31-29)24-5-3-2-4-6-24)27-17-26(23-11-16-37-20-23)30-34(27)28(35)19-32-12-14-36-15-13-32/h2-11,16,18,20,27H,12-15,17,19H2,1H3/t27-/m1/s1. The van der Waals surface area contributed by atoms with Crippen LogP contribution in [0.3, 0.4) is 0 Å². The van der Waals surface area contributed by atoms with Gasteiger partial charge in [0.1, 0.15) is 0 Å². The SMILES string of the molecule is Cc1ccc(-c2nn(-c3ccccc3)cc2[C@H]2CC(c3ccsc3)=NN2C(=O)CN2CCOCC2)cc1. The summed E-state index contributed by atoms with van der Waals surface area (Å²) < 4.78 is 7.39. The van der Waals surface area contributed by atoms with E-state index < -0.39 is 0 Å². The number of nitrogens with zero attached hydrogens (tertiary/aromatic N) is 5. The van der Waals surface area contributed by atoms with Crippen molar-refractivity contribution in [2.75, 3.05) is 32.8 Å². The number of para-hydroxylation sites is 1. The maximum Gasteiger partial charge on any atom is 0.257 e. The number of hydrogen-bond donors (Lipinski definition) is 0. The third-order valence-corrected chi connectivity index (χ3v) is 7.61. The number of hydrazone groups is 1. The summed E-state index contributed by atoms with van der Waals surface area (Å²) in [5.41, 5.74) is 7.08. The molecule has 0 radical (unpaired) electrons. The van der Waals surface area contributed by atoms with E-state index in [1.165, 1.54) is 5.56 Å². The normalized spacial score (nSPS) is 18.2. The number of aromatic nitrogens is 2. The van der Waals surface area contributed by atoms with Crippen LogP contribution in [0.5, 0.6) is 0 Å². The van der Waals surface area contributed by atoms with Crippen molar-refractivity contribution in [3.05, 3.63) is 94.3 Å². The highest BCUT2D eigenvalue weighted by Crippen LogP contribution is 2.38. The molecule has 37 heavy (non-hydrogen) atoms.